The predicted molar refractivity (Wildman–Crippen MR) is 59.3 cm³/mol. The fourth-order valence-corrected chi connectivity index (χ4v) is 1.94. The molecule has 0 saturated heterocycles. The summed E-state index contributed by atoms with van der Waals surface area (Å²) in [5.74, 6) is -0.0813. The summed E-state index contributed by atoms with van der Waals surface area (Å²) in [6.07, 6.45) is -0.403. The van der Waals surface area contributed by atoms with E-state index in [1.54, 1.807) is 0 Å². The fourth-order valence-electron chi connectivity index (χ4n) is 1.29. The van der Waals surface area contributed by atoms with Crippen molar-refractivity contribution in [3.63, 3.8) is 0 Å². The van der Waals surface area contributed by atoms with E-state index >= 15 is 0 Å². The highest BCUT2D eigenvalue weighted by Crippen LogP contribution is 2.34. The molecule has 5 heteroatoms. The molecule has 1 aromatic rings. The van der Waals surface area contributed by atoms with Crippen LogP contribution in [0.1, 0.15) is 18.1 Å². The minimum absolute atomic E-state index is 0.340. The lowest BCUT2D eigenvalue weighted by Crippen LogP contribution is -2.08. The molecule has 0 amide bonds. The molecule has 0 heterocycles. The molecule has 1 unspecified atom stereocenters. The third kappa shape index (κ3) is 2.90. The molecular weight excluding hydrogens is 265 g/mol. The summed E-state index contributed by atoms with van der Waals surface area (Å²) in [6, 6.07) is 2.52. The molecule has 0 radical (unpaired) electrons. The second-order valence-electron chi connectivity index (χ2n) is 3.10. The lowest BCUT2D eigenvalue weighted by molar-refractivity contribution is 0.168. The van der Waals surface area contributed by atoms with Gasteiger partial charge in [0.1, 0.15) is 11.6 Å². The Balaban J connectivity index is 3.11. The normalized spacial score (nSPS) is 12.6. The van der Waals surface area contributed by atoms with Gasteiger partial charge in [0.05, 0.1) is 17.7 Å². The van der Waals surface area contributed by atoms with Crippen molar-refractivity contribution in [3.05, 3.63) is 28.0 Å². The van der Waals surface area contributed by atoms with Crippen LogP contribution >= 0.6 is 15.9 Å². The number of hydrogen-bond acceptors (Lipinski definition) is 3. The average molecular weight is 278 g/mol. The van der Waals surface area contributed by atoms with Crippen LogP contribution in [0.5, 0.6) is 5.75 Å². The molecule has 0 spiro atoms. The standard InChI is InChI=1S/C10H13BrFNO2/c1-15-9-5-6(12)4-7(10(9)11)8(14)2-3-13/h4-5,8,14H,2-3,13H2,1H3. The molecule has 0 aromatic heterocycles. The Morgan fingerprint density at radius 1 is 1.60 bits per heavy atom. The summed E-state index contributed by atoms with van der Waals surface area (Å²) < 4.78 is 18.7. The predicted octanol–water partition coefficient (Wildman–Crippen LogP) is 1.98. The number of methoxy groups -OCH3 is 1. The molecule has 1 atom stereocenters. The van der Waals surface area contributed by atoms with Crippen LogP contribution in [-0.2, 0) is 0 Å². The zero-order valence-electron chi connectivity index (χ0n) is 8.34. The fraction of sp³-hybridized carbons (Fsp3) is 0.400. The summed E-state index contributed by atoms with van der Waals surface area (Å²) in [4.78, 5) is 0. The summed E-state index contributed by atoms with van der Waals surface area (Å²) in [5.41, 5.74) is 5.78. The van der Waals surface area contributed by atoms with Crippen LogP contribution in [0.4, 0.5) is 4.39 Å². The molecule has 1 aromatic carbocycles. The van der Waals surface area contributed by atoms with Gasteiger partial charge in [0, 0.05) is 11.6 Å². The van der Waals surface area contributed by atoms with E-state index in [1.165, 1.54) is 19.2 Å². The van der Waals surface area contributed by atoms with Gasteiger partial charge in [-0.3, -0.25) is 0 Å². The largest absolute Gasteiger partial charge is 0.495 e. The van der Waals surface area contributed by atoms with Crippen LogP contribution in [-0.4, -0.2) is 18.8 Å². The molecule has 0 aliphatic heterocycles. The summed E-state index contributed by atoms with van der Waals surface area (Å²) in [7, 11) is 1.44. The zero-order valence-corrected chi connectivity index (χ0v) is 9.92. The maximum atomic E-state index is 13.2. The lowest BCUT2D eigenvalue weighted by Gasteiger charge is -2.14. The van der Waals surface area contributed by atoms with Crippen LogP contribution in [0.3, 0.4) is 0 Å². The van der Waals surface area contributed by atoms with Crippen molar-refractivity contribution in [1.29, 1.82) is 0 Å². The third-order valence-corrected chi connectivity index (χ3v) is 2.90. The monoisotopic (exact) mass is 277 g/mol. The summed E-state index contributed by atoms with van der Waals surface area (Å²) in [6.45, 7) is 0.340. The van der Waals surface area contributed by atoms with Crippen LogP contribution in [0.2, 0.25) is 0 Å². The number of ether oxygens (including phenoxy) is 1. The molecule has 0 aliphatic rings. The molecule has 3 nitrogen and oxygen atoms in total. The van der Waals surface area contributed by atoms with Gasteiger partial charge in [-0.1, -0.05) is 0 Å². The van der Waals surface area contributed by atoms with Crippen molar-refractivity contribution in [2.75, 3.05) is 13.7 Å². The molecule has 0 bridgehead atoms. The van der Waals surface area contributed by atoms with Gasteiger partial charge in [-0.2, -0.15) is 0 Å². The van der Waals surface area contributed by atoms with Gasteiger partial charge in [0.2, 0.25) is 0 Å². The Morgan fingerprint density at radius 3 is 2.80 bits per heavy atom. The highest BCUT2D eigenvalue weighted by molar-refractivity contribution is 9.10. The first-order chi connectivity index (χ1) is 7.10. The van der Waals surface area contributed by atoms with Crippen LogP contribution in [0, 0.1) is 5.82 Å². The molecule has 3 N–H and O–H groups in total. The van der Waals surface area contributed by atoms with Crippen molar-refractivity contribution in [3.8, 4) is 5.75 Å². The van der Waals surface area contributed by atoms with E-state index in [4.69, 9.17) is 10.5 Å². The van der Waals surface area contributed by atoms with Crippen molar-refractivity contribution in [2.24, 2.45) is 5.73 Å². The first-order valence-electron chi connectivity index (χ1n) is 4.51. The average Bonchev–Trinajstić information content (AvgIpc) is 2.21. The number of hydrogen-bond donors (Lipinski definition) is 2. The number of halogens is 2. The first-order valence-corrected chi connectivity index (χ1v) is 5.30. The van der Waals surface area contributed by atoms with Crippen molar-refractivity contribution < 1.29 is 14.2 Å². The van der Waals surface area contributed by atoms with Crippen molar-refractivity contribution in [1.82, 2.24) is 0 Å². The zero-order chi connectivity index (χ0) is 11.4. The number of nitrogens with two attached hydrogens (primary N) is 1. The Morgan fingerprint density at radius 2 is 2.27 bits per heavy atom. The minimum Gasteiger partial charge on any atom is -0.495 e. The SMILES string of the molecule is COc1cc(F)cc(C(O)CCN)c1Br. The van der Waals surface area contributed by atoms with Gasteiger partial charge in [-0.05, 0) is 35.0 Å². The highest BCUT2D eigenvalue weighted by Gasteiger charge is 2.15. The van der Waals surface area contributed by atoms with Gasteiger partial charge in [-0.15, -0.1) is 0 Å². The number of aliphatic hydroxyl groups is 1. The topological polar surface area (TPSA) is 55.5 Å². The Kier molecular flexibility index (Phi) is 4.50. The van der Waals surface area contributed by atoms with E-state index in [2.05, 4.69) is 15.9 Å². The lowest BCUT2D eigenvalue weighted by atomic mass is 10.1. The van der Waals surface area contributed by atoms with E-state index in [9.17, 15) is 9.50 Å². The van der Waals surface area contributed by atoms with E-state index in [-0.39, 0.29) is 0 Å². The first kappa shape index (κ1) is 12.4. The number of aliphatic hydroxyl groups excluding tert-OH is 1. The Labute approximate surface area is 96.2 Å². The van der Waals surface area contributed by atoms with E-state index < -0.39 is 11.9 Å². The van der Waals surface area contributed by atoms with Gasteiger partial charge < -0.3 is 15.6 Å². The minimum atomic E-state index is -0.783. The molecule has 0 aliphatic carbocycles. The second kappa shape index (κ2) is 5.44. The maximum absolute atomic E-state index is 13.2. The van der Waals surface area contributed by atoms with Crippen LogP contribution in [0.15, 0.2) is 16.6 Å². The summed E-state index contributed by atoms with van der Waals surface area (Å²) >= 11 is 3.25. The molecule has 0 fully saturated rings. The van der Waals surface area contributed by atoms with Gasteiger partial charge >= 0.3 is 0 Å². The van der Waals surface area contributed by atoms with Crippen LogP contribution in [0.25, 0.3) is 0 Å². The smallest absolute Gasteiger partial charge is 0.136 e. The second-order valence-corrected chi connectivity index (χ2v) is 3.90. The quantitative estimate of drug-likeness (QED) is 0.885. The van der Waals surface area contributed by atoms with Gasteiger partial charge in [0.15, 0.2) is 0 Å². The molecular formula is C10H13BrFNO2. The Hall–Kier alpha value is -0.650. The number of benzene rings is 1. The van der Waals surface area contributed by atoms with Crippen molar-refractivity contribution in [2.45, 2.75) is 12.5 Å². The Bertz CT molecular complexity index is 346. The number of rotatable bonds is 4. The maximum Gasteiger partial charge on any atom is 0.136 e. The highest BCUT2D eigenvalue weighted by atomic mass is 79.9. The van der Waals surface area contributed by atoms with E-state index in [0.717, 1.165) is 0 Å². The molecule has 15 heavy (non-hydrogen) atoms. The van der Waals surface area contributed by atoms with E-state index in [0.29, 0.717) is 28.8 Å². The van der Waals surface area contributed by atoms with Gasteiger partial charge in [0.25, 0.3) is 0 Å². The van der Waals surface area contributed by atoms with E-state index in [1.807, 2.05) is 0 Å². The van der Waals surface area contributed by atoms with Crippen molar-refractivity contribution >= 4 is 15.9 Å². The van der Waals surface area contributed by atoms with Gasteiger partial charge in [-0.25, -0.2) is 4.39 Å². The molecule has 84 valence electrons. The summed E-state index contributed by atoms with van der Waals surface area (Å²) in [5, 5.41) is 9.71. The molecule has 0 saturated carbocycles. The van der Waals surface area contributed by atoms with Crippen LogP contribution < -0.4 is 10.5 Å². The molecule has 1 rings (SSSR count). The third-order valence-electron chi connectivity index (χ3n) is 2.05.